The van der Waals surface area contributed by atoms with Crippen LogP contribution in [0.1, 0.15) is 16.1 Å². The monoisotopic (exact) mass is 220 g/mol. The molecule has 1 aliphatic rings. The average Bonchev–Trinajstić information content (AvgIpc) is 2.15. The minimum Gasteiger partial charge on any atom is -0.465 e. The van der Waals surface area contributed by atoms with Crippen molar-refractivity contribution in [3.05, 3.63) is 29.6 Å². The number of carboxylic acid groups (broad SMARTS) is 1. The molecule has 5 nitrogen and oxygen atoms in total. The van der Waals surface area contributed by atoms with Crippen LogP contribution in [-0.4, -0.2) is 40.0 Å². The number of Topliss-reactive ketones (excluding diaryl/α,β-unsaturated/α-hetero) is 1. The van der Waals surface area contributed by atoms with Crippen molar-refractivity contribution in [1.29, 1.82) is 0 Å². The normalized spacial score (nSPS) is 15.7. The summed E-state index contributed by atoms with van der Waals surface area (Å²) in [6, 6.07) is 3.51. The molecule has 0 saturated carbocycles. The first-order valence-corrected chi connectivity index (χ1v) is 5.02. The second kappa shape index (κ2) is 3.92. The quantitative estimate of drug-likeness (QED) is 0.760. The SMILES string of the molecule is Cc1ccc(C(=O)C2CN(C(=O)O)C2)nc1. The summed E-state index contributed by atoms with van der Waals surface area (Å²) in [7, 11) is 0. The fourth-order valence-corrected chi connectivity index (χ4v) is 1.62. The Balaban J connectivity index is 2.00. The Bertz CT molecular complexity index is 421. The Labute approximate surface area is 92.7 Å². The molecule has 1 aromatic rings. The Hall–Kier alpha value is -1.91. The molecular weight excluding hydrogens is 208 g/mol. The largest absolute Gasteiger partial charge is 0.465 e. The van der Waals surface area contributed by atoms with Crippen LogP contribution in [0.15, 0.2) is 18.3 Å². The summed E-state index contributed by atoms with van der Waals surface area (Å²) in [5, 5.41) is 8.64. The van der Waals surface area contributed by atoms with Crippen LogP contribution in [0, 0.1) is 12.8 Å². The number of nitrogens with zero attached hydrogens (tertiary/aromatic N) is 2. The van der Waals surface area contributed by atoms with Gasteiger partial charge >= 0.3 is 6.09 Å². The third kappa shape index (κ3) is 1.88. The lowest BCUT2D eigenvalue weighted by Crippen LogP contribution is -2.52. The van der Waals surface area contributed by atoms with Gasteiger partial charge in [0, 0.05) is 19.3 Å². The van der Waals surface area contributed by atoms with E-state index in [1.165, 1.54) is 4.90 Å². The molecule has 84 valence electrons. The molecular formula is C11H12N2O3. The van der Waals surface area contributed by atoms with E-state index in [9.17, 15) is 9.59 Å². The molecule has 0 aromatic carbocycles. The fraction of sp³-hybridized carbons (Fsp3) is 0.364. The number of likely N-dealkylation sites (tertiary alicyclic amines) is 1. The lowest BCUT2D eigenvalue weighted by molar-refractivity contribution is 0.0606. The van der Waals surface area contributed by atoms with E-state index in [1.54, 1.807) is 12.3 Å². The van der Waals surface area contributed by atoms with Crippen LogP contribution in [0.4, 0.5) is 4.79 Å². The Morgan fingerprint density at radius 1 is 1.44 bits per heavy atom. The first kappa shape index (κ1) is 10.6. The molecule has 1 N–H and O–H groups in total. The van der Waals surface area contributed by atoms with Crippen molar-refractivity contribution in [3.8, 4) is 0 Å². The van der Waals surface area contributed by atoms with E-state index in [0.717, 1.165) is 5.56 Å². The number of aryl methyl sites for hydroxylation is 1. The van der Waals surface area contributed by atoms with Crippen LogP contribution in [0.25, 0.3) is 0 Å². The number of ketones is 1. The van der Waals surface area contributed by atoms with Crippen molar-refractivity contribution in [2.45, 2.75) is 6.92 Å². The molecule has 1 fully saturated rings. The van der Waals surface area contributed by atoms with Crippen LogP contribution in [0.3, 0.4) is 0 Å². The molecule has 0 unspecified atom stereocenters. The number of hydrogen-bond donors (Lipinski definition) is 1. The molecule has 5 heteroatoms. The number of aromatic nitrogens is 1. The van der Waals surface area contributed by atoms with E-state index >= 15 is 0 Å². The van der Waals surface area contributed by atoms with Crippen LogP contribution in [0.2, 0.25) is 0 Å². The maximum Gasteiger partial charge on any atom is 0.407 e. The standard InChI is InChI=1S/C11H12N2O3/c1-7-2-3-9(12-4-7)10(14)8-5-13(6-8)11(15)16/h2-4,8H,5-6H2,1H3,(H,15,16). The van der Waals surface area contributed by atoms with Crippen molar-refractivity contribution < 1.29 is 14.7 Å². The van der Waals surface area contributed by atoms with E-state index in [4.69, 9.17) is 5.11 Å². The third-order valence-electron chi connectivity index (χ3n) is 2.69. The highest BCUT2D eigenvalue weighted by Gasteiger charge is 2.36. The van der Waals surface area contributed by atoms with Crippen molar-refractivity contribution in [2.75, 3.05) is 13.1 Å². The first-order chi connectivity index (χ1) is 7.58. The second-order valence-electron chi connectivity index (χ2n) is 3.97. The maximum atomic E-state index is 11.8. The molecule has 16 heavy (non-hydrogen) atoms. The van der Waals surface area contributed by atoms with Gasteiger partial charge in [0.25, 0.3) is 0 Å². The smallest absolute Gasteiger partial charge is 0.407 e. The van der Waals surface area contributed by atoms with Gasteiger partial charge in [0.15, 0.2) is 5.78 Å². The molecule has 0 bridgehead atoms. The molecule has 0 radical (unpaired) electrons. The molecule has 2 rings (SSSR count). The van der Waals surface area contributed by atoms with Gasteiger partial charge in [-0.1, -0.05) is 6.07 Å². The van der Waals surface area contributed by atoms with Crippen LogP contribution >= 0.6 is 0 Å². The number of hydrogen-bond acceptors (Lipinski definition) is 3. The first-order valence-electron chi connectivity index (χ1n) is 5.02. The minimum absolute atomic E-state index is 0.0718. The van der Waals surface area contributed by atoms with Gasteiger partial charge in [0.1, 0.15) is 5.69 Å². The van der Waals surface area contributed by atoms with E-state index < -0.39 is 6.09 Å². The molecule has 0 aliphatic carbocycles. The van der Waals surface area contributed by atoms with Gasteiger partial charge in [-0.05, 0) is 18.6 Å². The van der Waals surface area contributed by atoms with Crippen molar-refractivity contribution in [3.63, 3.8) is 0 Å². The van der Waals surface area contributed by atoms with Crippen LogP contribution in [0.5, 0.6) is 0 Å². The van der Waals surface area contributed by atoms with Gasteiger partial charge in [-0.2, -0.15) is 0 Å². The molecule has 1 aliphatic heterocycles. The number of amides is 1. The van der Waals surface area contributed by atoms with Gasteiger partial charge in [0.05, 0.1) is 5.92 Å². The molecule has 1 saturated heterocycles. The van der Waals surface area contributed by atoms with E-state index in [1.807, 2.05) is 13.0 Å². The highest BCUT2D eigenvalue weighted by atomic mass is 16.4. The summed E-state index contributed by atoms with van der Waals surface area (Å²) in [4.78, 5) is 27.6. The van der Waals surface area contributed by atoms with Crippen LogP contribution in [-0.2, 0) is 0 Å². The summed E-state index contributed by atoms with van der Waals surface area (Å²) in [6.45, 7) is 2.46. The van der Waals surface area contributed by atoms with Crippen LogP contribution < -0.4 is 0 Å². The Kier molecular flexibility index (Phi) is 2.60. The van der Waals surface area contributed by atoms with Crippen molar-refractivity contribution in [2.24, 2.45) is 5.92 Å². The predicted molar refractivity (Wildman–Crippen MR) is 56.4 cm³/mol. The second-order valence-corrected chi connectivity index (χ2v) is 3.97. The fourth-order valence-electron chi connectivity index (χ4n) is 1.62. The Morgan fingerprint density at radius 2 is 2.12 bits per heavy atom. The number of rotatable bonds is 2. The lowest BCUT2D eigenvalue weighted by atomic mass is 9.93. The van der Waals surface area contributed by atoms with Gasteiger partial charge in [-0.25, -0.2) is 4.79 Å². The summed E-state index contributed by atoms with van der Waals surface area (Å²) < 4.78 is 0. The lowest BCUT2D eigenvalue weighted by Gasteiger charge is -2.35. The minimum atomic E-state index is -0.971. The molecule has 0 spiro atoms. The van der Waals surface area contributed by atoms with E-state index in [2.05, 4.69) is 4.98 Å². The number of pyridine rings is 1. The third-order valence-corrected chi connectivity index (χ3v) is 2.69. The number of carbonyl (C=O) groups excluding carboxylic acids is 1. The van der Waals surface area contributed by atoms with Crippen molar-refractivity contribution >= 4 is 11.9 Å². The number of carbonyl (C=O) groups is 2. The zero-order valence-corrected chi connectivity index (χ0v) is 8.88. The van der Waals surface area contributed by atoms with E-state index in [0.29, 0.717) is 5.69 Å². The van der Waals surface area contributed by atoms with Gasteiger partial charge in [-0.15, -0.1) is 0 Å². The van der Waals surface area contributed by atoms with E-state index in [-0.39, 0.29) is 24.8 Å². The van der Waals surface area contributed by atoms with Gasteiger partial charge in [-0.3, -0.25) is 9.78 Å². The summed E-state index contributed by atoms with van der Waals surface area (Å²) in [5.41, 5.74) is 1.41. The zero-order valence-electron chi connectivity index (χ0n) is 8.88. The van der Waals surface area contributed by atoms with Crippen molar-refractivity contribution in [1.82, 2.24) is 9.88 Å². The van der Waals surface area contributed by atoms with Gasteiger partial charge in [0.2, 0.25) is 0 Å². The molecule has 0 atom stereocenters. The molecule has 1 aromatic heterocycles. The Morgan fingerprint density at radius 3 is 2.62 bits per heavy atom. The average molecular weight is 220 g/mol. The molecule has 1 amide bonds. The topological polar surface area (TPSA) is 70.5 Å². The zero-order chi connectivity index (χ0) is 11.7. The summed E-state index contributed by atoms with van der Waals surface area (Å²) >= 11 is 0. The predicted octanol–water partition coefficient (Wildman–Crippen LogP) is 1.18. The maximum absolute atomic E-state index is 11.8. The highest BCUT2D eigenvalue weighted by Crippen LogP contribution is 2.19. The highest BCUT2D eigenvalue weighted by molar-refractivity contribution is 5.97. The molecule has 2 heterocycles. The summed E-state index contributed by atoms with van der Waals surface area (Å²) in [6.07, 6.45) is 0.668. The van der Waals surface area contributed by atoms with Gasteiger partial charge < -0.3 is 10.0 Å². The summed E-state index contributed by atoms with van der Waals surface area (Å²) in [5.74, 6) is -0.302.